The molecule has 1 fully saturated rings. The van der Waals surface area contributed by atoms with Crippen LogP contribution in [-0.4, -0.2) is 19.0 Å². The molecule has 0 atom stereocenters. The quantitative estimate of drug-likeness (QED) is 0.920. The first-order valence-electron chi connectivity index (χ1n) is 7.40. The summed E-state index contributed by atoms with van der Waals surface area (Å²) < 4.78 is 13.4. The van der Waals surface area contributed by atoms with Gasteiger partial charge in [-0.05, 0) is 38.0 Å². The molecule has 3 nitrogen and oxygen atoms in total. The van der Waals surface area contributed by atoms with E-state index in [1.54, 1.807) is 17.0 Å². The number of carbonyl (C=O) groups is 1. The largest absolute Gasteiger partial charge is 0.329 e. The zero-order chi connectivity index (χ0) is 14.6. The minimum absolute atomic E-state index is 0.0489. The van der Waals surface area contributed by atoms with Gasteiger partial charge in [0.25, 0.3) is 0 Å². The molecule has 0 unspecified atom stereocenters. The number of amides is 1. The molecule has 1 aromatic rings. The molecule has 0 bridgehead atoms. The molecule has 1 saturated carbocycles. The average molecular weight is 278 g/mol. The van der Waals surface area contributed by atoms with Gasteiger partial charge in [0.1, 0.15) is 5.82 Å². The Morgan fingerprint density at radius 3 is 2.60 bits per heavy atom. The molecule has 1 aromatic carbocycles. The summed E-state index contributed by atoms with van der Waals surface area (Å²) in [4.78, 5) is 14.6. The molecule has 0 aliphatic heterocycles. The summed E-state index contributed by atoms with van der Waals surface area (Å²) in [6, 6.07) is 6.21. The van der Waals surface area contributed by atoms with Crippen LogP contribution in [0.15, 0.2) is 24.3 Å². The minimum Gasteiger partial charge on any atom is -0.329 e. The number of halogens is 1. The van der Waals surface area contributed by atoms with Crippen molar-refractivity contribution in [3.63, 3.8) is 0 Å². The normalized spacial score (nSPS) is 17.8. The first-order valence-corrected chi connectivity index (χ1v) is 7.40. The van der Waals surface area contributed by atoms with Gasteiger partial charge in [-0.2, -0.15) is 0 Å². The third-order valence-electron chi connectivity index (χ3n) is 4.34. The second-order valence-corrected chi connectivity index (χ2v) is 5.57. The molecule has 0 aromatic heterocycles. The van der Waals surface area contributed by atoms with Crippen molar-refractivity contribution in [3.05, 3.63) is 30.1 Å². The Hall–Kier alpha value is -1.42. The van der Waals surface area contributed by atoms with Crippen LogP contribution in [0.3, 0.4) is 0 Å². The van der Waals surface area contributed by atoms with Gasteiger partial charge in [0, 0.05) is 18.8 Å². The van der Waals surface area contributed by atoms with Crippen LogP contribution in [0.2, 0.25) is 0 Å². The van der Waals surface area contributed by atoms with Crippen LogP contribution in [0.1, 0.15) is 39.0 Å². The highest BCUT2D eigenvalue weighted by atomic mass is 19.1. The Morgan fingerprint density at radius 1 is 1.35 bits per heavy atom. The van der Waals surface area contributed by atoms with Crippen molar-refractivity contribution in [2.75, 3.05) is 18.0 Å². The Bertz CT molecular complexity index is 469. The van der Waals surface area contributed by atoms with Gasteiger partial charge < -0.3 is 10.6 Å². The first-order chi connectivity index (χ1) is 9.63. The lowest BCUT2D eigenvalue weighted by Gasteiger charge is -2.38. The number of anilines is 1. The molecule has 0 spiro atoms. The SMILES string of the molecule is CCN(C(=O)C1(CN)CCCCC1)c1cccc(F)c1. The van der Waals surface area contributed by atoms with Gasteiger partial charge in [0.2, 0.25) is 5.91 Å². The van der Waals surface area contributed by atoms with Crippen molar-refractivity contribution in [3.8, 4) is 0 Å². The molecule has 1 aliphatic carbocycles. The van der Waals surface area contributed by atoms with Crippen molar-refractivity contribution >= 4 is 11.6 Å². The fourth-order valence-electron chi connectivity index (χ4n) is 3.11. The molecule has 20 heavy (non-hydrogen) atoms. The van der Waals surface area contributed by atoms with E-state index in [0.29, 0.717) is 18.8 Å². The Kier molecular flexibility index (Phi) is 4.76. The Labute approximate surface area is 120 Å². The summed E-state index contributed by atoms with van der Waals surface area (Å²) in [6.45, 7) is 2.82. The highest BCUT2D eigenvalue weighted by Crippen LogP contribution is 2.38. The fourth-order valence-corrected chi connectivity index (χ4v) is 3.11. The van der Waals surface area contributed by atoms with Gasteiger partial charge in [-0.15, -0.1) is 0 Å². The summed E-state index contributed by atoms with van der Waals surface area (Å²) in [5, 5.41) is 0. The maximum Gasteiger partial charge on any atom is 0.234 e. The number of rotatable bonds is 4. The zero-order valence-corrected chi connectivity index (χ0v) is 12.1. The second kappa shape index (κ2) is 6.35. The van der Waals surface area contributed by atoms with E-state index in [9.17, 15) is 9.18 Å². The smallest absolute Gasteiger partial charge is 0.234 e. The summed E-state index contributed by atoms with van der Waals surface area (Å²) in [5.41, 5.74) is 6.08. The second-order valence-electron chi connectivity index (χ2n) is 5.57. The molecule has 110 valence electrons. The maximum atomic E-state index is 13.4. The monoisotopic (exact) mass is 278 g/mol. The highest BCUT2D eigenvalue weighted by molar-refractivity contribution is 5.97. The van der Waals surface area contributed by atoms with Gasteiger partial charge in [0.05, 0.1) is 5.41 Å². The van der Waals surface area contributed by atoms with Crippen LogP contribution in [0.5, 0.6) is 0 Å². The number of carbonyl (C=O) groups excluding carboxylic acids is 1. The molecule has 0 radical (unpaired) electrons. The summed E-state index contributed by atoms with van der Waals surface area (Å²) >= 11 is 0. The van der Waals surface area contributed by atoms with Crippen molar-refractivity contribution < 1.29 is 9.18 Å². The number of hydrogen-bond acceptors (Lipinski definition) is 2. The van der Waals surface area contributed by atoms with Gasteiger partial charge in [-0.1, -0.05) is 25.3 Å². The highest BCUT2D eigenvalue weighted by Gasteiger charge is 2.40. The van der Waals surface area contributed by atoms with E-state index in [1.165, 1.54) is 18.6 Å². The van der Waals surface area contributed by atoms with Crippen LogP contribution in [0, 0.1) is 11.2 Å². The number of nitrogens with two attached hydrogens (primary N) is 1. The third kappa shape index (κ3) is 2.85. The average Bonchev–Trinajstić information content (AvgIpc) is 2.48. The van der Waals surface area contributed by atoms with E-state index in [4.69, 9.17) is 5.73 Å². The lowest BCUT2D eigenvalue weighted by Crippen LogP contribution is -2.49. The van der Waals surface area contributed by atoms with E-state index in [0.717, 1.165) is 25.7 Å². The van der Waals surface area contributed by atoms with Crippen LogP contribution in [0.4, 0.5) is 10.1 Å². The Morgan fingerprint density at radius 2 is 2.05 bits per heavy atom. The summed E-state index contributed by atoms with van der Waals surface area (Å²) in [5.74, 6) is -0.271. The predicted octanol–water partition coefficient (Wildman–Crippen LogP) is 3.09. The lowest BCUT2D eigenvalue weighted by molar-refractivity contribution is -0.129. The lowest BCUT2D eigenvalue weighted by atomic mass is 9.73. The van der Waals surface area contributed by atoms with Crippen molar-refractivity contribution in [1.29, 1.82) is 0 Å². The molecule has 4 heteroatoms. The molecule has 2 rings (SSSR count). The van der Waals surface area contributed by atoms with Gasteiger partial charge in [0.15, 0.2) is 0 Å². The van der Waals surface area contributed by atoms with Crippen molar-refractivity contribution in [2.45, 2.75) is 39.0 Å². The fraction of sp³-hybridized carbons (Fsp3) is 0.562. The minimum atomic E-state index is -0.458. The van der Waals surface area contributed by atoms with E-state index in [-0.39, 0.29) is 11.7 Å². The zero-order valence-electron chi connectivity index (χ0n) is 12.1. The van der Waals surface area contributed by atoms with Crippen LogP contribution in [0.25, 0.3) is 0 Å². The standard InChI is InChI=1S/C16H23FN2O/c1-2-19(14-8-6-7-13(17)11-14)15(20)16(12-18)9-4-3-5-10-16/h6-8,11H,2-5,9-10,12,18H2,1H3. The summed E-state index contributed by atoms with van der Waals surface area (Å²) in [7, 11) is 0. The molecule has 2 N–H and O–H groups in total. The number of benzene rings is 1. The van der Waals surface area contributed by atoms with Crippen LogP contribution < -0.4 is 10.6 Å². The van der Waals surface area contributed by atoms with Gasteiger partial charge in [-0.3, -0.25) is 4.79 Å². The molecule has 0 heterocycles. The number of hydrogen-bond donors (Lipinski definition) is 1. The van der Waals surface area contributed by atoms with Crippen LogP contribution in [-0.2, 0) is 4.79 Å². The van der Waals surface area contributed by atoms with Crippen molar-refractivity contribution in [1.82, 2.24) is 0 Å². The maximum absolute atomic E-state index is 13.4. The van der Waals surface area contributed by atoms with Gasteiger partial charge >= 0.3 is 0 Å². The topological polar surface area (TPSA) is 46.3 Å². The number of nitrogens with zero attached hydrogens (tertiary/aromatic N) is 1. The molecular weight excluding hydrogens is 255 g/mol. The molecule has 1 aliphatic rings. The van der Waals surface area contributed by atoms with E-state index in [1.807, 2.05) is 6.92 Å². The van der Waals surface area contributed by atoms with Crippen LogP contribution >= 0.6 is 0 Å². The predicted molar refractivity (Wildman–Crippen MR) is 79.0 cm³/mol. The van der Waals surface area contributed by atoms with E-state index in [2.05, 4.69) is 0 Å². The molecule has 1 amide bonds. The third-order valence-corrected chi connectivity index (χ3v) is 4.34. The Balaban J connectivity index is 2.28. The molecular formula is C16H23FN2O. The molecule has 0 saturated heterocycles. The van der Waals surface area contributed by atoms with Gasteiger partial charge in [-0.25, -0.2) is 4.39 Å². The first kappa shape index (κ1) is 15.0. The van der Waals surface area contributed by atoms with E-state index >= 15 is 0 Å². The summed E-state index contributed by atoms with van der Waals surface area (Å²) in [6.07, 6.45) is 4.94. The van der Waals surface area contributed by atoms with Crippen molar-refractivity contribution in [2.24, 2.45) is 11.1 Å². The van der Waals surface area contributed by atoms with E-state index < -0.39 is 5.41 Å².